The highest BCUT2D eigenvalue weighted by Crippen LogP contribution is 2.21. The number of benzene rings is 1. The number of rotatable bonds is 8. The second-order valence-corrected chi connectivity index (χ2v) is 5.90. The molecule has 6 heteroatoms. The van der Waals surface area contributed by atoms with Crippen LogP contribution in [0.25, 0.3) is 5.70 Å². The summed E-state index contributed by atoms with van der Waals surface area (Å²) < 4.78 is 0. The number of hydrogen-bond donors (Lipinski definition) is 3. The van der Waals surface area contributed by atoms with Gasteiger partial charge in [0, 0.05) is 19.4 Å². The van der Waals surface area contributed by atoms with Crippen LogP contribution in [0.5, 0.6) is 0 Å². The minimum absolute atomic E-state index is 0.00384. The Morgan fingerprint density at radius 2 is 1.88 bits per heavy atom. The summed E-state index contributed by atoms with van der Waals surface area (Å²) >= 11 is 3.89. The van der Waals surface area contributed by atoms with Gasteiger partial charge >= 0.3 is 0 Å². The van der Waals surface area contributed by atoms with Crippen molar-refractivity contribution in [2.45, 2.75) is 32.1 Å². The summed E-state index contributed by atoms with van der Waals surface area (Å²) in [7, 11) is 0. The zero-order valence-electron chi connectivity index (χ0n) is 13.6. The fraction of sp³-hybridized carbons (Fsp3) is 0.389. The number of aliphatic imine (C=N–C) groups is 1. The Bertz CT molecular complexity index is 626. The van der Waals surface area contributed by atoms with Gasteiger partial charge in [0.1, 0.15) is 5.84 Å². The number of carbonyl (C=O) groups is 2. The first-order valence-electron chi connectivity index (χ1n) is 8.19. The van der Waals surface area contributed by atoms with Gasteiger partial charge in [-0.15, -0.1) is 0 Å². The lowest BCUT2D eigenvalue weighted by Crippen LogP contribution is -2.29. The van der Waals surface area contributed by atoms with Crippen molar-refractivity contribution in [3.63, 3.8) is 0 Å². The highest BCUT2D eigenvalue weighted by atomic mass is 32.1. The smallest absolute Gasteiger partial charge is 0.229 e. The van der Waals surface area contributed by atoms with Crippen LogP contribution in [0.1, 0.15) is 37.7 Å². The van der Waals surface area contributed by atoms with Crippen molar-refractivity contribution in [2.75, 3.05) is 12.3 Å². The van der Waals surface area contributed by atoms with Crippen LogP contribution >= 0.6 is 12.6 Å². The van der Waals surface area contributed by atoms with E-state index in [1.807, 2.05) is 36.4 Å². The quantitative estimate of drug-likeness (QED) is 0.500. The molecule has 24 heavy (non-hydrogen) atoms. The summed E-state index contributed by atoms with van der Waals surface area (Å²) in [6, 6.07) is 9.93. The maximum Gasteiger partial charge on any atom is 0.229 e. The summed E-state index contributed by atoms with van der Waals surface area (Å²) in [4.78, 5) is 27.4. The van der Waals surface area contributed by atoms with E-state index < -0.39 is 0 Å². The van der Waals surface area contributed by atoms with Crippen molar-refractivity contribution in [2.24, 2.45) is 4.99 Å². The molecule has 0 aromatic heterocycles. The highest BCUT2D eigenvalue weighted by molar-refractivity contribution is 7.81. The molecular weight excluding hydrogens is 322 g/mol. The summed E-state index contributed by atoms with van der Waals surface area (Å²) in [6.45, 7) is 0.637. The summed E-state index contributed by atoms with van der Waals surface area (Å²) in [5, 5.41) is 5.63. The van der Waals surface area contributed by atoms with E-state index in [1.165, 1.54) is 0 Å². The maximum absolute atomic E-state index is 11.9. The van der Waals surface area contributed by atoms with Crippen LogP contribution in [0, 0.1) is 0 Å². The standard InChI is InChI=1S/C18H23N3O2S/c22-17(9-5-2-6-12-19-18(23)13-24)21-16-11-10-15(20-16)14-7-3-1-4-8-14/h1,3-4,7-8,10,24H,2,5-6,9,11-13H2,(H,19,23)(H,20,21,22). The third-order valence-electron chi connectivity index (χ3n) is 3.64. The fourth-order valence-corrected chi connectivity index (χ4v) is 2.51. The number of carbonyl (C=O) groups excluding carboxylic acids is 2. The lowest BCUT2D eigenvalue weighted by Gasteiger charge is -2.05. The van der Waals surface area contributed by atoms with E-state index in [9.17, 15) is 9.59 Å². The zero-order chi connectivity index (χ0) is 17.2. The van der Waals surface area contributed by atoms with Gasteiger partial charge in [-0.3, -0.25) is 9.59 Å². The molecule has 2 N–H and O–H groups in total. The van der Waals surface area contributed by atoms with E-state index in [-0.39, 0.29) is 17.6 Å². The lowest BCUT2D eigenvalue weighted by atomic mass is 10.1. The van der Waals surface area contributed by atoms with Gasteiger partial charge in [0.05, 0.1) is 11.4 Å². The topological polar surface area (TPSA) is 70.6 Å². The molecule has 0 bridgehead atoms. The van der Waals surface area contributed by atoms with Crippen LogP contribution in [-0.2, 0) is 9.59 Å². The number of thiol groups is 1. The second-order valence-electron chi connectivity index (χ2n) is 5.58. The van der Waals surface area contributed by atoms with Gasteiger partial charge in [-0.2, -0.15) is 12.6 Å². The summed E-state index contributed by atoms with van der Waals surface area (Å²) in [5.74, 6) is 0.858. The van der Waals surface area contributed by atoms with Crippen molar-refractivity contribution >= 4 is 36.0 Å². The lowest BCUT2D eigenvalue weighted by molar-refractivity contribution is -0.120. The second kappa shape index (κ2) is 9.93. The normalized spacial score (nSPS) is 13.2. The molecule has 1 aliphatic heterocycles. The van der Waals surface area contributed by atoms with Crippen LogP contribution in [0.3, 0.4) is 0 Å². The van der Waals surface area contributed by atoms with E-state index in [4.69, 9.17) is 0 Å². The molecule has 0 atom stereocenters. The van der Waals surface area contributed by atoms with Crippen LogP contribution < -0.4 is 10.6 Å². The molecule has 0 fully saturated rings. The number of amidine groups is 1. The predicted molar refractivity (Wildman–Crippen MR) is 99.9 cm³/mol. The molecular formula is C18H23N3O2S. The highest BCUT2D eigenvalue weighted by Gasteiger charge is 2.12. The van der Waals surface area contributed by atoms with Crippen LogP contribution in [0.4, 0.5) is 0 Å². The molecule has 0 unspecified atom stereocenters. The Kier molecular flexibility index (Phi) is 7.55. The van der Waals surface area contributed by atoms with Gasteiger partial charge < -0.3 is 10.6 Å². The SMILES string of the molecule is O=C(CS)NCCCCCC(=O)NC1=NC(c2ccccc2)=CC1. The number of nitrogens with one attached hydrogen (secondary N) is 2. The van der Waals surface area contributed by atoms with Gasteiger partial charge in [-0.05, 0) is 18.4 Å². The van der Waals surface area contributed by atoms with E-state index >= 15 is 0 Å². The van der Waals surface area contributed by atoms with E-state index in [2.05, 4.69) is 28.3 Å². The Labute approximate surface area is 148 Å². The fourth-order valence-electron chi connectivity index (χ4n) is 2.39. The first kappa shape index (κ1) is 18.3. The molecule has 0 aliphatic carbocycles. The first-order valence-corrected chi connectivity index (χ1v) is 8.83. The van der Waals surface area contributed by atoms with Gasteiger partial charge in [0.25, 0.3) is 0 Å². The third-order valence-corrected chi connectivity index (χ3v) is 3.93. The average molecular weight is 345 g/mol. The molecule has 1 aromatic rings. The molecule has 0 spiro atoms. The maximum atomic E-state index is 11.9. The van der Waals surface area contributed by atoms with Crippen molar-refractivity contribution in [3.05, 3.63) is 42.0 Å². The van der Waals surface area contributed by atoms with Crippen LogP contribution in [-0.4, -0.2) is 29.9 Å². The molecule has 0 saturated carbocycles. The molecule has 1 aliphatic rings. The molecule has 2 amide bonds. The van der Waals surface area contributed by atoms with E-state index in [0.29, 0.717) is 25.2 Å². The molecule has 1 aromatic carbocycles. The van der Waals surface area contributed by atoms with Crippen molar-refractivity contribution in [3.8, 4) is 0 Å². The van der Waals surface area contributed by atoms with Crippen molar-refractivity contribution < 1.29 is 9.59 Å². The summed E-state index contributed by atoms with van der Waals surface area (Å²) in [5.41, 5.74) is 1.97. The average Bonchev–Trinajstić information content (AvgIpc) is 3.07. The Morgan fingerprint density at radius 1 is 1.08 bits per heavy atom. The van der Waals surface area contributed by atoms with Gasteiger partial charge in [0.15, 0.2) is 0 Å². The monoisotopic (exact) mass is 345 g/mol. The Morgan fingerprint density at radius 3 is 2.62 bits per heavy atom. The number of amides is 2. The zero-order valence-corrected chi connectivity index (χ0v) is 14.5. The molecule has 128 valence electrons. The number of nitrogens with zero attached hydrogens (tertiary/aromatic N) is 1. The van der Waals surface area contributed by atoms with Crippen molar-refractivity contribution in [1.29, 1.82) is 0 Å². The first-order chi connectivity index (χ1) is 11.7. The van der Waals surface area contributed by atoms with Gasteiger partial charge in [-0.25, -0.2) is 4.99 Å². The van der Waals surface area contributed by atoms with E-state index in [1.54, 1.807) is 0 Å². The van der Waals surface area contributed by atoms with Crippen LogP contribution in [0.15, 0.2) is 41.4 Å². The Balaban J connectivity index is 1.63. The summed E-state index contributed by atoms with van der Waals surface area (Å²) in [6.07, 6.45) is 5.73. The minimum atomic E-state index is -0.0583. The molecule has 0 radical (unpaired) electrons. The predicted octanol–water partition coefficient (Wildman–Crippen LogP) is 2.55. The number of unbranched alkanes of at least 4 members (excludes halogenated alkanes) is 2. The van der Waals surface area contributed by atoms with Crippen molar-refractivity contribution in [1.82, 2.24) is 10.6 Å². The molecule has 1 heterocycles. The minimum Gasteiger partial charge on any atom is -0.355 e. The third kappa shape index (κ3) is 6.20. The number of hydrogen-bond acceptors (Lipinski definition) is 4. The molecule has 5 nitrogen and oxygen atoms in total. The molecule has 0 saturated heterocycles. The molecule has 2 rings (SSSR count). The Hall–Kier alpha value is -2.08. The van der Waals surface area contributed by atoms with Gasteiger partial charge in [0.2, 0.25) is 11.8 Å². The van der Waals surface area contributed by atoms with Crippen LogP contribution in [0.2, 0.25) is 0 Å². The van der Waals surface area contributed by atoms with Gasteiger partial charge in [-0.1, -0.05) is 42.8 Å². The largest absolute Gasteiger partial charge is 0.355 e. The van der Waals surface area contributed by atoms with E-state index in [0.717, 1.165) is 30.5 Å².